The van der Waals surface area contributed by atoms with Gasteiger partial charge in [-0.3, -0.25) is 0 Å². The average molecular weight is 418 g/mol. The molecule has 0 N–H and O–H groups in total. The second-order valence-electron chi connectivity index (χ2n) is 9.70. The van der Waals surface area contributed by atoms with Crippen LogP contribution in [0.2, 0.25) is 0 Å². The van der Waals surface area contributed by atoms with E-state index in [9.17, 15) is 0 Å². The molecular weight excluding hydrogens is 386 g/mol. The summed E-state index contributed by atoms with van der Waals surface area (Å²) in [6.07, 6.45) is 0. The van der Waals surface area contributed by atoms with Crippen LogP contribution in [-0.4, -0.2) is 6.04 Å². The van der Waals surface area contributed by atoms with E-state index in [0.717, 1.165) is 0 Å². The summed E-state index contributed by atoms with van der Waals surface area (Å²) >= 11 is 0. The molecule has 1 nitrogen and oxygen atoms in total. The molecule has 5 rings (SSSR count). The molecule has 0 aliphatic heterocycles. The standard InChI is InChI=1S/C31H31N/c1-21(2)32(25-15-11-14-24(20-25)23-12-7-6-8-13-23)30-22(3)18-19-27-26-16-9-10-17-28(26)31(4,5)29(27)30/h6-21H,1-5H3. The van der Waals surface area contributed by atoms with Crippen molar-refractivity contribution in [3.63, 3.8) is 0 Å². The van der Waals surface area contributed by atoms with E-state index in [0.29, 0.717) is 6.04 Å². The SMILES string of the molecule is Cc1ccc2c(c1N(c1cccc(-c3ccccc3)c1)C(C)C)C(C)(C)c1ccccc1-2. The van der Waals surface area contributed by atoms with Gasteiger partial charge in [-0.05, 0) is 71.8 Å². The van der Waals surface area contributed by atoms with Gasteiger partial charge in [0, 0.05) is 22.8 Å². The molecule has 0 fully saturated rings. The van der Waals surface area contributed by atoms with E-state index in [1.807, 2.05) is 0 Å². The summed E-state index contributed by atoms with van der Waals surface area (Å²) in [6.45, 7) is 11.6. The minimum atomic E-state index is -0.0442. The third-order valence-corrected chi connectivity index (χ3v) is 6.88. The molecule has 0 spiro atoms. The van der Waals surface area contributed by atoms with Gasteiger partial charge in [-0.15, -0.1) is 0 Å². The number of hydrogen-bond donors (Lipinski definition) is 0. The summed E-state index contributed by atoms with van der Waals surface area (Å²) < 4.78 is 0. The molecule has 1 aliphatic rings. The molecule has 0 heterocycles. The maximum Gasteiger partial charge on any atom is 0.0490 e. The molecule has 4 aromatic carbocycles. The Kier molecular flexibility index (Phi) is 4.93. The molecule has 32 heavy (non-hydrogen) atoms. The predicted octanol–water partition coefficient (Wildman–Crippen LogP) is 8.51. The maximum atomic E-state index is 2.54. The van der Waals surface area contributed by atoms with Crippen molar-refractivity contribution in [2.24, 2.45) is 0 Å². The normalized spacial score (nSPS) is 13.7. The summed E-state index contributed by atoms with van der Waals surface area (Å²) in [7, 11) is 0. The van der Waals surface area contributed by atoms with Crippen LogP contribution in [0.4, 0.5) is 11.4 Å². The monoisotopic (exact) mass is 417 g/mol. The lowest BCUT2D eigenvalue weighted by Crippen LogP contribution is -2.29. The molecular formula is C31H31N. The molecule has 0 atom stereocenters. The quantitative estimate of drug-likeness (QED) is 0.322. The third kappa shape index (κ3) is 3.15. The third-order valence-electron chi connectivity index (χ3n) is 6.88. The van der Waals surface area contributed by atoms with Crippen LogP contribution in [0.3, 0.4) is 0 Å². The van der Waals surface area contributed by atoms with Gasteiger partial charge in [0.25, 0.3) is 0 Å². The summed E-state index contributed by atoms with van der Waals surface area (Å²) in [5.74, 6) is 0. The van der Waals surface area contributed by atoms with Crippen molar-refractivity contribution in [1.82, 2.24) is 0 Å². The highest BCUT2D eigenvalue weighted by atomic mass is 15.2. The Morgan fingerprint density at radius 3 is 2.12 bits per heavy atom. The van der Waals surface area contributed by atoms with E-state index >= 15 is 0 Å². The first kappa shape index (κ1) is 20.6. The first-order chi connectivity index (χ1) is 15.4. The lowest BCUT2D eigenvalue weighted by atomic mass is 9.80. The molecule has 0 saturated heterocycles. The van der Waals surface area contributed by atoms with Gasteiger partial charge in [-0.1, -0.05) is 92.7 Å². The zero-order chi connectivity index (χ0) is 22.5. The van der Waals surface area contributed by atoms with Crippen LogP contribution >= 0.6 is 0 Å². The smallest absolute Gasteiger partial charge is 0.0490 e. The molecule has 0 bridgehead atoms. The number of rotatable bonds is 4. The molecule has 4 aromatic rings. The summed E-state index contributed by atoms with van der Waals surface area (Å²) in [4.78, 5) is 2.54. The highest BCUT2D eigenvalue weighted by Crippen LogP contribution is 2.54. The van der Waals surface area contributed by atoms with Crippen molar-refractivity contribution >= 4 is 11.4 Å². The Hall–Kier alpha value is -3.32. The van der Waals surface area contributed by atoms with Crippen molar-refractivity contribution in [1.29, 1.82) is 0 Å². The molecule has 0 aromatic heterocycles. The fourth-order valence-corrected chi connectivity index (χ4v) is 5.41. The minimum absolute atomic E-state index is 0.0442. The molecule has 160 valence electrons. The van der Waals surface area contributed by atoms with E-state index in [2.05, 4.69) is 131 Å². The van der Waals surface area contributed by atoms with Crippen LogP contribution in [0, 0.1) is 6.92 Å². The lowest BCUT2D eigenvalue weighted by molar-refractivity contribution is 0.653. The van der Waals surface area contributed by atoms with Gasteiger partial charge in [-0.2, -0.15) is 0 Å². The second kappa shape index (κ2) is 7.67. The van der Waals surface area contributed by atoms with Crippen LogP contribution in [0.1, 0.15) is 44.4 Å². The average Bonchev–Trinajstić information content (AvgIpc) is 3.03. The van der Waals surface area contributed by atoms with Crippen LogP contribution in [0.15, 0.2) is 91.0 Å². The minimum Gasteiger partial charge on any atom is -0.338 e. The van der Waals surface area contributed by atoms with Gasteiger partial charge in [0.15, 0.2) is 0 Å². The van der Waals surface area contributed by atoms with Crippen LogP contribution in [0.25, 0.3) is 22.3 Å². The Morgan fingerprint density at radius 1 is 0.688 bits per heavy atom. The fraction of sp³-hybridized carbons (Fsp3) is 0.226. The predicted molar refractivity (Wildman–Crippen MR) is 138 cm³/mol. The van der Waals surface area contributed by atoms with E-state index < -0.39 is 0 Å². The van der Waals surface area contributed by atoms with Crippen molar-refractivity contribution in [2.75, 3.05) is 4.90 Å². The second-order valence-corrected chi connectivity index (χ2v) is 9.70. The number of aryl methyl sites for hydroxylation is 1. The Bertz CT molecular complexity index is 1280. The van der Waals surface area contributed by atoms with Gasteiger partial charge >= 0.3 is 0 Å². The van der Waals surface area contributed by atoms with Crippen molar-refractivity contribution in [3.8, 4) is 22.3 Å². The summed E-state index contributed by atoms with van der Waals surface area (Å²) in [5.41, 5.74) is 12.0. The van der Waals surface area contributed by atoms with Gasteiger partial charge in [-0.25, -0.2) is 0 Å². The van der Waals surface area contributed by atoms with Gasteiger partial charge < -0.3 is 4.90 Å². The lowest BCUT2D eigenvalue weighted by Gasteiger charge is -2.36. The molecule has 0 unspecified atom stereocenters. The highest BCUT2D eigenvalue weighted by Gasteiger charge is 2.39. The van der Waals surface area contributed by atoms with Crippen LogP contribution < -0.4 is 4.90 Å². The molecule has 1 heteroatoms. The zero-order valence-electron chi connectivity index (χ0n) is 19.7. The zero-order valence-corrected chi connectivity index (χ0v) is 19.7. The Labute approximate surface area is 192 Å². The van der Waals surface area contributed by atoms with E-state index in [-0.39, 0.29) is 5.41 Å². The number of hydrogen-bond acceptors (Lipinski definition) is 1. The number of anilines is 2. The number of benzene rings is 4. The van der Waals surface area contributed by atoms with E-state index in [1.165, 1.54) is 50.3 Å². The van der Waals surface area contributed by atoms with E-state index in [1.54, 1.807) is 0 Å². The fourth-order valence-electron chi connectivity index (χ4n) is 5.41. The summed E-state index contributed by atoms with van der Waals surface area (Å²) in [6, 6.07) is 33.5. The van der Waals surface area contributed by atoms with Gasteiger partial charge in [0.1, 0.15) is 0 Å². The van der Waals surface area contributed by atoms with Gasteiger partial charge in [0.05, 0.1) is 0 Å². The Morgan fingerprint density at radius 2 is 1.38 bits per heavy atom. The Balaban J connectivity index is 1.73. The first-order valence-corrected chi connectivity index (χ1v) is 11.6. The van der Waals surface area contributed by atoms with Crippen LogP contribution in [0.5, 0.6) is 0 Å². The maximum absolute atomic E-state index is 2.54. The molecule has 1 aliphatic carbocycles. The van der Waals surface area contributed by atoms with Crippen molar-refractivity contribution in [3.05, 3.63) is 108 Å². The van der Waals surface area contributed by atoms with Crippen molar-refractivity contribution < 1.29 is 0 Å². The topological polar surface area (TPSA) is 3.24 Å². The van der Waals surface area contributed by atoms with E-state index in [4.69, 9.17) is 0 Å². The largest absolute Gasteiger partial charge is 0.338 e. The number of fused-ring (bicyclic) bond motifs is 3. The van der Waals surface area contributed by atoms with Gasteiger partial charge in [0.2, 0.25) is 0 Å². The van der Waals surface area contributed by atoms with Crippen LogP contribution in [-0.2, 0) is 5.41 Å². The molecule has 0 saturated carbocycles. The van der Waals surface area contributed by atoms with Crippen molar-refractivity contribution in [2.45, 2.75) is 46.1 Å². The molecule has 0 amide bonds. The first-order valence-electron chi connectivity index (χ1n) is 11.6. The molecule has 0 radical (unpaired) electrons. The number of nitrogens with zero attached hydrogens (tertiary/aromatic N) is 1. The summed E-state index contributed by atoms with van der Waals surface area (Å²) in [5, 5.41) is 0. The highest BCUT2D eigenvalue weighted by molar-refractivity contribution is 5.89.